The number of benzene rings is 3. The molecule has 0 radical (unpaired) electrons. The summed E-state index contributed by atoms with van der Waals surface area (Å²) in [4.78, 5) is 37.7. The van der Waals surface area contributed by atoms with Crippen LogP contribution in [0.1, 0.15) is 32.7 Å². The maximum Gasteiger partial charge on any atom is 0.329 e. The second-order valence-corrected chi connectivity index (χ2v) is 7.46. The zero-order chi connectivity index (χ0) is 22.2. The number of nitrogens with one attached hydrogen (secondary N) is 1. The fourth-order valence-corrected chi connectivity index (χ4v) is 3.13. The molecule has 0 heterocycles. The van der Waals surface area contributed by atoms with Crippen LogP contribution in [0.5, 0.6) is 0 Å². The number of hydrogen-bond acceptors (Lipinski definition) is 5. The lowest BCUT2D eigenvalue weighted by molar-refractivity contribution is -0.143. The first-order chi connectivity index (χ1) is 14.9. The third-order valence-electron chi connectivity index (χ3n) is 4.72. The molecule has 0 aliphatic carbocycles. The molecule has 3 rings (SSSR count). The van der Waals surface area contributed by atoms with Crippen molar-refractivity contribution in [3.05, 3.63) is 101 Å². The van der Waals surface area contributed by atoms with Gasteiger partial charge in [-0.2, -0.15) is 0 Å². The van der Waals surface area contributed by atoms with Gasteiger partial charge in [0.25, 0.3) is 0 Å². The number of halogens is 1. The van der Waals surface area contributed by atoms with Crippen molar-refractivity contribution < 1.29 is 19.1 Å². The molecule has 0 fully saturated rings. The monoisotopic (exact) mass is 435 g/mol. The minimum atomic E-state index is -0.977. The molecule has 0 spiro atoms. The average molecular weight is 436 g/mol. The lowest BCUT2D eigenvalue weighted by Crippen LogP contribution is -2.34. The second kappa shape index (κ2) is 10.5. The van der Waals surface area contributed by atoms with Crippen molar-refractivity contribution in [1.82, 2.24) is 0 Å². The summed E-state index contributed by atoms with van der Waals surface area (Å²) in [7, 11) is 0. The number of rotatable bonds is 9. The molecule has 31 heavy (non-hydrogen) atoms. The van der Waals surface area contributed by atoms with Crippen LogP contribution in [-0.4, -0.2) is 30.2 Å². The van der Waals surface area contributed by atoms with Gasteiger partial charge in [0.2, 0.25) is 0 Å². The quantitative estimate of drug-likeness (QED) is 0.372. The number of aryl methyl sites for hydroxylation is 1. The van der Waals surface area contributed by atoms with Gasteiger partial charge >= 0.3 is 5.97 Å². The van der Waals surface area contributed by atoms with Gasteiger partial charge in [0, 0.05) is 28.3 Å². The third-order valence-corrected chi connectivity index (χ3v) is 5.13. The van der Waals surface area contributed by atoms with Crippen molar-refractivity contribution in [2.24, 2.45) is 0 Å². The van der Waals surface area contributed by atoms with Crippen molar-refractivity contribution in [1.29, 1.82) is 0 Å². The molecular formula is C25H22ClNO4. The predicted molar refractivity (Wildman–Crippen MR) is 121 cm³/mol. The summed E-state index contributed by atoms with van der Waals surface area (Å²) >= 11 is 6.18. The Morgan fingerprint density at radius 3 is 2.03 bits per heavy atom. The van der Waals surface area contributed by atoms with E-state index < -0.39 is 18.6 Å². The van der Waals surface area contributed by atoms with Crippen LogP contribution in [0.2, 0.25) is 5.02 Å². The fraction of sp³-hybridized carbons (Fsp3) is 0.160. The Labute approximate surface area is 186 Å². The molecule has 1 unspecified atom stereocenters. The number of ether oxygens (including phenoxy) is 1. The van der Waals surface area contributed by atoms with E-state index in [1.807, 2.05) is 19.1 Å². The van der Waals surface area contributed by atoms with E-state index in [-0.39, 0.29) is 18.0 Å². The first-order valence-corrected chi connectivity index (χ1v) is 10.2. The van der Waals surface area contributed by atoms with Gasteiger partial charge in [-0.15, -0.1) is 0 Å². The highest BCUT2D eigenvalue weighted by atomic mass is 35.5. The number of carbonyl (C=O) groups excluding carboxylic acids is 3. The summed E-state index contributed by atoms with van der Waals surface area (Å²) in [5.74, 6) is -1.23. The molecule has 3 aromatic rings. The Morgan fingerprint density at radius 2 is 1.45 bits per heavy atom. The van der Waals surface area contributed by atoms with Crippen molar-refractivity contribution in [3.8, 4) is 0 Å². The molecule has 0 saturated carbocycles. The van der Waals surface area contributed by atoms with Crippen molar-refractivity contribution in [3.63, 3.8) is 0 Å². The number of hydrogen-bond donors (Lipinski definition) is 1. The van der Waals surface area contributed by atoms with E-state index in [0.717, 1.165) is 5.56 Å². The van der Waals surface area contributed by atoms with Gasteiger partial charge in [-0.05, 0) is 24.6 Å². The average Bonchev–Trinajstić information content (AvgIpc) is 2.80. The van der Waals surface area contributed by atoms with Crippen molar-refractivity contribution >= 4 is 34.8 Å². The molecule has 0 aliphatic heterocycles. The van der Waals surface area contributed by atoms with E-state index >= 15 is 0 Å². The molecule has 0 amide bonds. The predicted octanol–water partition coefficient (Wildman–Crippen LogP) is 5.13. The number of esters is 1. The third kappa shape index (κ3) is 6.27. The molecule has 5 nitrogen and oxygen atoms in total. The lowest BCUT2D eigenvalue weighted by atomic mass is 10.0. The number of ketones is 2. The van der Waals surface area contributed by atoms with Crippen LogP contribution in [-0.2, 0) is 9.53 Å². The molecule has 0 aliphatic rings. The van der Waals surface area contributed by atoms with Crippen LogP contribution in [0.3, 0.4) is 0 Å². The van der Waals surface area contributed by atoms with Crippen molar-refractivity contribution in [2.45, 2.75) is 19.4 Å². The number of carbonyl (C=O) groups is 3. The SMILES string of the molecule is Cc1ccc(NC(CC(=O)c2ccccc2)C(=O)OCC(=O)c2ccccc2)cc1Cl. The Balaban J connectivity index is 1.73. The van der Waals surface area contributed by atoms with E-state index in [1.165, 1.54) is 0 Å². The molecule has 1 N–H and O–H groups in total. The van der Waals surface area contributed by atoms with Crippen molar-refractivity contribution in [2.75, 3.05) is 11.9 Å². The highest BCUT2D eigenvalue weighted by molar-refractivity contribution is 6.31. The maximum atomic E-state index is 12.8. The van der Waals surface area contributed by atoms with E-state index in [1.54, 1.807) is 66.7 Å². The molecule has 0 aromatic heterocycles. The van der Waals surface area contributed by atoms with Gasteiger partial charge in [-0.3, -0.25) is 9.59 Å². The summed E-state index contributed by atoms with van der Waals surface area (Å²) < 4.78 is 5.25. The lowest BCUT2D eigenvalue weighted by Gasteiger charge is -2.19. The fourth-order valence-electron chi connectivity index (χ4n) is 2.95. The highest BCUT2D eigenvalue weighted by Crippen LogP contribution is 2.22. The minimum absolute atomic E-state index is 0.131. The van der Waals surface area contributed by atoms with Crippen LogP contribution in [0.4, 0.5) is 5.69 Å². The van der Waals surface area contributed by atoms with Crippen LogP contribution in [0.15, 0.2) is 78.9 Å². The topological polar surface area (TPSA) is 72.5 Å². The van der Waals surface area contributed by atoms with Gasteiger partial charge in [0.15, 0.2) is 18.2 Å². The summed E-state index contributed by atoms with van der Waals surface area (Å²) in [6.07, 6.45) is -0.131. The zero-order valence-electron chi connectivity index (χ0n) is 17.0. The second-order valence-electron chi connectivity index (χ2n) is 7.05. The van der Waals surface area contributed by atoms with Gasteiger partial charge in [0.1, 0.15) is 6.04 Å². The molecule has 1 atom stereocenters. The van der Waals surface area contributed by atoms with E-state index in [0.29, 0.717) is 21.8 Å². The zero-order valence-corrected chi connectivity index (χ0v) is 17.8. The van der Waals surface area contributed by atoms with E-state index in [9.17, 15) is 14.4 Å². The molecule has 0 saturated heterocycles. The van der Waals surface area contributed by atoms with Crippen LogP contribution in [0, 0.1) is 6.92 Å². The Bertz CT molecular complexity index is 1070. The molecule has 3 aromatic carbocycles. The standard InChI is InChI=1S/C25H22ClNO4/c1-17-12-13-20(14-21(17)26)27-22(15-23(28)18-8-4-2-5-9-18)25(30)31-16-24(29)19-10-6-3-7-11-19/h2-14,22,27H,15-16H2,1H3. The summed E-state index contributed by atoms with van der Waals surface area (Å²) in [6, 6.07) is 21.5. The normalized spacial score (nSPS) is 11.4. The Hall–Kier alpha value is -3.44. The molecule has 0 bridgehead atoms. The van der Waals surface area contributed by atoms with E-state index in [4.69, 9.17) is 16.3 Å². The van der Waals surface area contributed by atoms with Crippen LogP contribution in [0.25, 0.3) is 0 Å². The number of Topliss-reactive ketones (excluding diaryl/α,β-unsaturated/α-hetero) is 2. The number of anilines is 1. The summed E-state index contributed by atoms with van der Waals surface area (Å²) in [5.41, 5.74) is 2.41. The van der Waals surface area contributed by atoms with Crippen LogP contribution < -0.4 is 5.32 Å². The largest absolute Gasteiger partial charge is 0.456 e. The Morgan fingerprint density at radius 1 is 0.871 bits per heavy atom. The molecular weight excluding hydrogens is 414 g/mol. The minimum Gasteiger partial charge on any atom is -0.456 e. The smallest absolute Gasteiger partial charge is 0.329 e. The van der Waals surface area contributed by atoms with Gasteiger partial charge < -0.3 is 10.1 Å². The Kier molecular flexibility index (Phi) is 7.57. The summed E-state index contributed by atoms with van der Waals surface area (Å²) in [5, 5.41) is 3.55. The molecule has 6 heteroatoms. The first-order valence-electron chi connectivity index (χ1n) is 9.80. The van der Waals surface area contributed by atoms with Gasteiger partial charge in [-0.1, -0.05) is 78.3 Å². The highest BCUT2D eigenvalue weighted by Gasteiger charge is 2.25. The van der Waals surface area contributed by atoms with Crippen LogP contribution >= 0.6 is 11.6 Å². The summed E-state index contributed by atoms with van der Waals surface area (Å²) in [6.45, 7) is 1.46. The van der Waals surface area contributed by atoms with Gasteiger partial charge in [-0.25, -0.2) is 4.79 Å². The first kappa shape index (κ1) is 22.2. The molecule has 158 valence electrons. The van der Waals surface area contributed by atoms with E-state index in [2.05, 4.69) is 5.32 Å². The maximum absolute atomic E-state index is 12.8. The van der Waals surface area contributed by atoms with Gasteiger partial charge in [0.05, 0.1) is 0 Å².